The summed E-state index contributed by atoms with van der Waals surface area (Å²) in [6.45, 7) is 3.14. The van der Waals surface area contributed by atoms with E-state index in [2.05, 4.69) is 5.32 Å². The van der Waals surface area contributed by atoms with Crippen molar-refractivity contribution >= 4 is 17.8 Å². The largest absolute Gasteiger partial charge is 0.459 e. The number of carbonyl (C=O) groups excluding carboxylic acids is 3. The topological polar surface area (TPSA) is 88.8 Å². The van der Waals surface area contributed by atoms with Gasteiger partial charge >= 0.3 is 5.97 Å². The van der Waals surface area contributed by atoms with Crippen LogP contribution in [0.2, 0.25) is 0 Å². The molecule has 0 aromatic carbocycles. The second-order valence-corrected chi connectivity index (χ2v) is 5.15. The van der Waals surface area contributed by atoms with Crippen LogP contribution in [0.1, 0.15) is 36.7 Å². The van der Waals surface area contributed by atoms with Gasteiger partial charge in [-0.2, -0.15) is 0 Å². The second kappa shape index (κ2) is 7.63. The van der Waals surface area contributed by atoms with Crippen molar-refractivity contribution in [3.8, 4) is 0 Å². The highest BCUT2D eigenvalue weighted by Gasteiger charge is 2.25. The summed E-state index contributed by atoms with van der Waals surface area (Å²) in [6.07, 6.45) is 2.60. The Labute approximate surface area is 128 Å². The molecule has 2 rings (SSSR count). The molecule has 1 saturated heterocycles. The number of ether oxygens (including phenoxy) is 1. The van der Waals surface area contributed by atoms with Crippen LogP contribution >= 0.6 is 0 Å². The Kier molecular flexibility index (Phi) is 5.57. The van der Waals surface area contributed by atoms with E-state index in [0.717, 1.165) is 25.9 Å². The highest BCUT2D eigenvalue weighted by atomic mass is 16.5. The van der Waals surface area contributed by atoms with E-state index in [1.54, 1.807) is 17.9 Å². The Bertz CT molecular complexity index is 520. The summed E-state index contributed by atoms with van der Waals surface area (Å²) in [4.78, 5) is 36.9. The lowest BCUT2D eigenvalue weighted by atomic mass is 10.3. The van der Waals surface area contributed by atoms with Crippen LogP contribution in [0, 0.1) is 0 Å². The molecule has 0 unspecified atom stereocenters. The van der Waals surface area contributed by atoms with Crippen LogP contribution in [0.5, 0.6) is 0 Å². The third-order valence-corrected chi connectivity index (χ3v) is 3.43. The van der Waals surface area contributed by atoms with E-state index < -0.39 is 12.1 Å². The minimum absolute atomic E-state index is 0.00404. The predicted octanol–water partition coefficient (Wildman–Crippen LogP) is 0.954. The Balaban J connectivity index is 1.66. The maximum atomic E-state index is 12.0. The quantitative estimate of drug-likeness (QED) is 0.791. The van der Waals surface area contributed by atoms with Crippen molar-refractivity contribution < 1.29 is 23.5 Å². The van der Waals surface area contributed by atoms with Gasteiger partial charge in [0.1, 0.15) is 0 Å². The van der Waals surface area contributed by atoms with Gasteiger partial charge in [-0.3, -0.25) is 14.4 Å². The van der Waals surface area contributed by atoms with Crippen LogP contribution in [0.4, 0.5) is 0 Å². The molecule has 1 aromatic heterocycles. The first-order valence-corrected chi connectivity index (χ1v) is 7.38. The molecule has 0 saturated carbocycles. The fourth-order valence-electron chi connectivity index (χ4n) is 2.27. The summed E-state index contributed by atoms with van der Waals surface area (Å²) in [5.41, 5.74) is 0. The third-order valence-electron chi connectivity index (χ3n) is 3.43. The molecule has 0 spiro atoms. The molecular formula is C15H20N2O5. The fraction of sp³-hybridized carbons (Fsp3) is 0.533. The summed E-state index contributed by atoms with van der Waals surface area (Å²) in [5, 5.41) is 2.54. The van der Waals surface area contributed by atoms with Crippen LogP contribution in [0.25, 0.3) is 0 Å². The number of rotatable bonds is 6. The smallest absolute Gasteiger partial charge is 0.308 e. The van der Waals surface area contributed by atoms with E-state index in [-0.39, 0.29) is 30.5 Å². The zero-order valence-corrected chi connectivity index (χ0v) is 12.5. The van der Waals surface area contributed by atoms with Crippen molar-refractivity contribution in [1.29, 1.82) is 0 Å². The minimum atomic E-state index is -0.786. The van der Waals surface area contributed by atoms with Crippen LogP contribution in [0.15, 0.2) is 22.8 Å². The van der Waals surface area contributed by atoms with Gasteiger partial charge in [-0.1, -0.05) is 0 Å². The van der Waals surface area contributed by atoms with E-state index in [4.69, 9.17) is 9.15 Å². The van der Waals surface area contributed by atoms with Gasteiger partial charge in [0.15, 0.2) is 11.9 Å². The van der Waals surface area contributed by atoms with Crippen LogP contribution in [-0.4, -0.2) is 48.4 Å². The van der Waals surface area contributed by atoms with Crippen molar-refractivity contribution in [2.75, 3.05) is 19.6 Å². The predicted molar refractivity (Wildman–Crippen MR) is 77.0 cm³/mol. The number of amides is 2. The van der Waals surface area contributed by atoms with Gasteiger partial charge in [0.2, 0.25) is 0 Å². The first kappa shape index (κ1) is 16.1. The van der Waals surface area contributed by atoms with E-state index in [1.165, 1.54) is 12.3 Å². The third kappa shape index (κ3) is 4.34. The standard InChI is InChI=1S/C15H20N2O5/c1-11(15(20)17-8-2-3-9-17)22-13(18)6-7-16-14(19)12-5-4-10-21-12/h4-5,10-11H,2-3,6-9H2,1H3,(H,16,19)/t11-/m0/s1. The highest BCUT2D eigenvalue weighted by molar-refractivity contribution is 5.91. The molecule has 0 aliphatic carbocycles. The molecule has 2 heterocycles. The molecule has 0 radical (unpaired) electrons. The molecule has 7 nitrogen and oxygen atoms in total. The van der Waals surface area contributed by atoms with Gasteiger partial charge in [-0.25, -0.2) is 0 Å². The van der Waals surface area contributed by atoms with E-state index >= 15 is 0 Å². The normalized spacial score (nSPS) is 15.4. The van der Waals surface area contributed by atoms with Gasteiger partial charge in [-0.15, -0.1) is 0 Å². The highest BCUT2D eigenvalue weighted by Crippen LogP contribution is 2.10. The minimum Gasteiger partial charge on any atom is -0.459 e. The Morgan fingerprint density at radius 2 is 2.09 bits per heavy atom. The van der Waals surface area contributed by atoms with Gasteiger partial charge in [0.25, 0.3) is 11.8 Å². The lowest BCUT2D eigenvalue weighted by Crippen LogP contribution is -2.38. The number of nitrogens with zero attached hydrogens (tertiary/aromatic N) is 1. The van der Waals surface area contributed by atoms with Crippen LogP contribution in [-0.2, 0) is 14.3 Å². The molecule has 1 fully saturated rings. The molecule has 1 aliphatic rings. The summed E-state index contributed by atoms with van der Waals surface area (Å²) >= 11 is 0. The van der Waals surface area contributed by atoms with Crippen molar-refractivity contribution in [2.45, 2.75) is 32.3 Å². The van der Waals surface area contributed by atoms with Crippen molar-refractivity contribution in [1.82, 2.24) is 10.2 Å². The van der Waals surface area contributed by atoms with Crippen LogP contribution < -0.4 is 5.32 Å². The molecular weight excluding hydrogens is 288 g/mol. The van der Waals surface area contributed by atoms with Gasteiger partial charge < -0.3 is 19.4 Å². The summed E-state index contributed by atoms with van der Waals surface area (Å²) in [5.74, 6) is -0.879. The number of furan rings is 1. The average molecular weight is 308 g/mol. The molecule has 120 valence electrons. The van der Waals surface area contributed by atoms with E-state index in [9.17, 15) is 14.4 Å². The molecule has 1 atom stereocenters. The van der Waals surface area contributed by atoms with Gasteiger partial charge in [-0.05, 0) is 31.9 Å². The lowest BCUT2D eigenvalue weighted by molar-refractivity contribution is -0.158. The molecule has 7 heteroatoms. The van der Waals surface area contributed by atoms with Crippen molar-refractivity contribution in [3.05, 3.63) is 24.2 Å². The zero-order valence-electron chi connectivity index (χ0n) is 12.5. The molecule has 1 aromatic rings. The molecule has 0 bridgehead atoms. The van der Waals surface area contributed by atoms with Gasteiger partial charge in [0, 0.05) is 19.6 Å². The molecule has 1 aliphatic heterocycles. The average Bonchev–Trinajstić information content (AvgIpc) is 3.19. The summed E-state index contributed by atoms with van der Waals surface area (Å²) in [6, 6.07) is 3.14. The number of hydrogen-bond acceptors (Lipinski definition) is 5. The number of nitrogens with one attached hydrogen (secondary N) is 1. The summed E-state index contributed by atoms with van der Waals surface area (Å²) < 4.78 is 10.0. The zero-order chi connectivity index (χ0) is 15.9. The second-order valence-electron chi connectivity index (χ2n) is 5.15. The number of carbonyl (C=O) groups is 3. The van der Waals surface area contributed by atoms with E-state index in [1.807, 2.05) is 0 Å². The first-order chi connectivity index (χ1) is 10.6. The SMILES string of the molecule is C[C@H](OC(=O)CCNC(=O)c1ccco1)C(=O)N1CCCC1. The number of hydrogen-bond donors (Lipinski definition) is 1. The number of esters is 1. The number of likely N-dealkylation sites (tertiary alicyclic amines) is 1. The van der Waals surface area contributed by atoms with Crippen molar-refractivity contribution in [2.24, 2.45) is 0 Å². The van der Waals surface area contributed by atoms with Gasteiger partial charge in [0.05, 0.1) is 12.7 Å². The Hall–Kier alpha value is -2.31. The van der Waals surface area contributed by atoms with E-state index in [0.29, 0.717) is 0 Å². The molecule has 2 amide bonds. The molecule has 22 heavy (non-hydrogen) atoms. The van der Waals surface area contributed by atoms with Crippen LogP contribution in [0.3, 0.4) is 0 Å². The Morgan fingerprint density at radius 1 is 1.36 bits per heavy atom. The summed E-state index contributed by atoms with van der Waals surface area (Å²) in [7, 11) is 0. The monoisotopic (exact) mass is 308 g/mol. The lowest BCUT2D eigenvalue weighted by Gasteiger charge is -2.20. The first-order valence-electron chi connectivity index (χ1n) is 7.38. The Morgan fingerprint density at radius 3 is 2.73 bits per heavy atom. The maximum absolute atomic E-state index is 12.0. The maximum Gasteiger partial charge on any atom is 0.308 e. The fourth-order valence-corrected chi connectivity index (χ4v) is 2.27. The molecule has 1 N–H and O–H groups in total. The van der Waals surface area contributed by atoms with Crippen molar-refractivity contribution in [3.63, 3.8) is 0 Å².